The summed E-state index contributed by atoms with van der Waals surface area (Å²) in [6, 6.07) is 0. The van der Waals surface area contributed by atoms with Crippen LogP contribution in [-0.4, -0.2) is 45.8 Å². The van der Waals surface area contributed by atoms with Gasteiger partial charge in [0.05, 0.1) is 0 Å². The van der Waals surface area contributed by atoms with E-state index in [9.17, 15) is 0 Å². The number of unbranched alkanes of at least 4 members (excludes halogenated alkanes) is 3. The maximum Gasteiger partial charge on any atom is 0.194 e. The number of nitrogens with one attached hydrogen (secondary N) is 1. The van der Waals surface area contributed by atoms with Gasteiger partial charge < -0.3 is 10.2 Å². The quantitative estimate of drug-likeness (QED) is 0.327. The molecule has 1 N–H and O–H groups in total. The number of nitrogens with zero attached hydrogens (tertiary/aromatic N) is 5. The standard InChI is InChI=1S/C15H28N6/c1-5-7-8-9-10-11-20(3)15(16-6-2)17-12-14-18-13-19-21(14)4/h5,13H,1,6-12H2,2-4H3,(H,16,17). The fourth-order valence-corrected chi connectivity index (χ4v) is 2.00. The summed E-state index contributed by atoms with van der Waals surface area (Å²) in [4.78, 5) is 11.0. The highest BCUT2D eigenvalue weighted by Gasteiger charge is 2.06. The molecule has 0 spiro atoms. The molecule has 21 heavy (non-hydrogen) atoms. The lowest BCUT2D eigenvalue weighted by atomic mass is 10.2. The molecule has 1 aromatic heterocycles. The molecule has 0 bridgehead atoms. The van der Waals surface area contributed by atoms with Crippen LogP contribution in [0, 0.1) is 0 Å². The molecule has 0 fully saturated rings. The summed E-state index contributed by atoms with van der Waals surface area (Å²) in [5.74, 6) is 1.79. The molecule has 0 aliphatic carbocycles. The number of aromatic nitrogens is 3. The number of hydrogen-bond donors (Lipinski definition) is 1. The van der Waals surface area contributed by atoms with Crippen LogP contribution in [0.15, 0.2) is 24.0 Å². The first-order valence-electron chi connectivity index (χ1n) is 7.62. The molecule has 0 atom stereocenters. The normalized spacial score (nSPS) is 11.5. The number of allylic oxidation sites excluding steroid dienone is 1. The summed E-state index contributed by atoms with van der Waals surface area (Å²) >= 11 is 0. The van der Waals surface area contributed by atoms with Crippen molar-refractivity contribution in [3.05, 3.63) is 24.8 Å². The largest absolute Gasteiger partial charge is 0.357 e. The molecule has 0 radical (unpaired) electrons. The second-order valence-electron chi connectivity index (χ2n) is 5.03. The van der Waals surface area contributed by atoms with E-state index in [4.69, 9.17) is 0 Å². The number of rotatable bonds is 9. The molecule has 0 saturated heterocycles. The Labute approximate surface area is 128 Å². The van der Waals surface area contributed by atoms with Crippen molar-refractivity contribution >= 4 is 5.96 Å². The van der Waals surface area contributed by atoms with Gasteiger partial charge in [-0.25, -0.2) is 9.98 Å². The van der Waals surface area contributed by atoms with Crippen molar-refractivity contribution in [1.82, 2.24) is 25.0 Å². The van der Waals surface area contributed by atoms with E-state index in [2.05, 4.69) is 45.8 Å². The molecule has 118 valence electrons. The van der Waals surface area contributed by atoms with Crippen LogP contribution in [0.5, 0.6) is 0 Å². The van der Waals surface area contributed by atoms with Crippen LogP contribution in [-0.2, 0) is 13.6 Å². The minimum atomic E-state index is 0.541. The third-order valence-corrected chi connectivity index (χ3v) is 3.27. The van der Waals surface area contributed by atoms with Gasteiger partial charge in [-0.1, -0.05) is 12.5 Å². The zero-order chi connectivity index (χ0) is 15.5. The summed E-state index contributed by atoms with van der Waals surface area (Å²) in [6.45, 7) is 8.23. The van der Waals surface area contributed by atoms with Crippen LogP contribution in [0.25, 0.3) is 0 Å². The molecule has 6 heteroatoms. The SMILES string of the molecule is C=CCCCCCN(C)C(=NCc1ncnn1C)NCC. The van der Waals surface area contributed by atoms with Crippen molar-refractivity contribution in [2.75, 3.05) is 20.1 Å². The molecule has 1 aromatic rings. The summed E-state index contributed by atoms with van der Waals surface area (Å²) in [7, 11) is 3.96. The summed E-state index contributed by atoms with van der Waals surface area (Å²) in [6.07, 6.45) is 8.24. The Bertz CT molecular complexity index is 437. The molecule has 1 heterocycles. The monoisotopic (exact) mass is 292 g/mol. The first-order chi connectivity index (χ1) is 10.2. The van der Waals surface area contributed by atoms with Gasteiger partial charge in [-0.15, -0.1) is 6.58 Å². The van der Waals surface area contributed by atoms with Gasteiger partial charge in [0.2, 0.25) is 0 Å². The fraction of sp³-hybridized carbons (Fsp3) is 0.667. The molecule has 6 nitrogen and oxygen atoms in total. The Kier molecular flexibility index (Phi) is 8.16. The van der Waals surface area contributed by atoms with Crippen molar-refractivity contribution in [3.63, 3.8) is 0 Å². The Hall–Kier alpha value is -1.85. The van der Waals surface area contributed by atoms with E-state index in [1.54, 1.807) is 11.0 Å². The molecule has 0 aliphatic rings. The van der Waals surface area contributed by atoms with Gasteiger partial charge in [0.15, 0.2) is 5.96 Å². The lowest BCUT2D eigenvalue weighted by Crippen LogP contribution is -2.39. The molecule has 0 unspecified atom stereocenters. The second kappa shape index (κ2) is 9.96. The van der Waals surface area contributed by atoms with Crippen LogP contribution in [0.3, 0.4) is 0 Å². The van der Waals surface area contributed by atoms with E-state index in [0.29, 0.717) is 6.54 Å². The first-order valence-corrected chi connectivity index (χ1v) is 7.62. The van der Waals surface area contributed by atoms with Crippen molar-refractivity contribution in [1.29, 1.82) is 0 Å². The van der Waals surface area contributed by atoms with E-state index in [-0.39, 0.29) is 0 Å². The molecular formula is C15H28N6. The third kappa shape index (κ3) is 6.42. The highest BCUT2D eigenvalue weighted by molar-refractivity contribution is 5.79. The maximum atomic E-state index is 4.62. The van der Waals surface area contributed by atoms with E-state index >= 15 is 0 Å². The highest BCUT2D eigenvalue weighted by Crippen LogP contribution is 2.02. The van der Waals surface area contributed by atoms with Crippen molar-refractivity contribution in [2.24, 2.45) is 12.0 Å². The zero-order valence-electron chi connectivity index (χ0n) is 13.5. The lowest BCUT2D eigenvalue weighted by Gasteiger charge is -2.21. The van der Waals surface area contributed by atoms with E-state index < -0.39 is 0 Å². The van der Waals surface area contributed by atoms with Crippen molar-refractivity contribution in [3.8, 4) is 0 Å². The Morgan fingerprint density at radius 3 is 2.90 bits per heavy atom. The number of aryl methyl sites for hydroxylation is 1. The van der Waals surface area contributed by atoms with Gasteiger partial charge in [0.1, 0.15) is 18.7 Å². The fourth-order valence-electron chi connectivity index (χ4n) is 2.00. The van der Waals surface area contributed by atoms with Crippen LogP contribution >= 0.6 is 0 Å². The van der Waals surface area contributed by atoms with Crippen LogP contribution in [0.2, 0.25) is 0 Å². The average molecular weight is 292 g/mol. The summed E-state index contributed by atoms with van der Waals surface area (Å²) in [5, 5.41) is 7.38. The predicted octanol–water partition coefficient (Wildman–Crippen LogP) is 1.96. The molecule has 1 rings (SSSR count). The maximum absolute atomic E-state index is 4.62. The minimum Gasteiger partial charge on any atom is -0.357 e. The van der Waals surface area contributed by atoms with Crippen molar-refractivity contribution < 1.29 is 0 Å². The van der Waals surface area contributed by atoms with Crippen LogP contribution < -0.4 is 5.32 Å². The number of hydrogen-bond acceptors (Lipinski definition) is 3. The van der Waals surface area contributed by atoms with Gasteiger partial charge in [-0.05, 0) is 26.2 Å². The second-order valence-corrected chi connectivity index (χ2v) is 5.03. The Morgan fingerprint density at radius 1 is 1.48 bits per heavy atom. The van der Waals surface area contributed by atoms with Gasteiger partial charge in [-0.2, -0.15) is 5.10 Å². The Balaban J connectivity index is 2.46. The lowest BCUT2D eigenvalue weighted by molar-refractivity contribution is 0.454. The molecule has 0 aliphatic heterocycles. The minimum absolute atomic E-state index is 0.541. The van der Waals surface area contributed by atoms with Crippen LogP contribution in [0.1, 0.15) is 38.4 Å². The Morgan fingerprint density at radius 2 is 2.29 bits per heavy atom. The van der Waals surface area contributed by atoms with Gasteiger partial charge in [0.25, 0.3) is 0 Å². The van der Waals surface area contributed by atoms with E-state index in [1.807, 2.05) is 13.1 Å². The van der Waals surface area contributed by atoms with Gasteiger partial charge in [-0.3, -0.25) is 4.68 Å². The van der Waals surface area contributed by atoms with E-state index in [0.717, 1.165) is 31.3 Å². The number of aliphatic imine (C=N–C) groups is 1. The van der Waals surface area contributed by atoms with Gasteiger partial charge in [0, 0.05) is 27.2 Å². The summed E-state index contributed by atoms with van der Waals surface area (Å²) in [5.41, 5.74) is 0. The van der Waals surface area contributed by atoms with Gasteiger partial charge >= 0.3 is 0 Å². The molecule has 0 saturated carbocycles. The third-order valence-electron chi connectivity index (χ3n) is 3.27. The average Bonchev–Trinajstić information content (AvgIpc) is 2.88. The smallest absolute Gasteiger partial charge is 0.194 e. The topological polar surface area (TPSA) is 58.3 Å². The van der Waals surface area contributed by atoms with Crippen LogP contribution in [0.4, 0.5) is 0 Å². The molecule has 0 aromatic carbocycles. The number of guanidine groups is 1. The zero-order valence-corrected chi connectivity index (χ0v) is 13.5. The van der Waals surface area contributed by atoms with Crippen molar-refractivity contribution in [2.45, 2.75) is 39.2 Å². The predicted molar refractivity (Wildman–Crippen MR) is 87.1 cm³/mol. The molecular weight excluding hydrogens is 264 g/mol. The summed E-state index contributed by atoms with van der Waals surface area (Å²) < 4.78 is 1.75. The van der Waals surface area contributed by atoms with E-state index in [1.165, 1.54) is 19.3 Å². The first kappa shape index (κ1) is 17.2. The molecule has 0 amide bonds. The highest BCUT2D eigenvalue weighted by atomic mass is 15.3.